The Labute approximate surface area is 154 Å². The van der Waals surface area contributed by atoms with Gasteiger partial charge in [-0.05, 0) is 46.1 Å². The number of aryl methyl sites for hydroxylation is 1. The Hall–Kier alpha value is -1.73. The largest absolute Gasteiger partial charge is 0.493 e. The average molecular weight is 414 g/mol. The van der Waals surface area contributed by atoms with E-state index in [9.17, 15) is 4.79 Å². The van der Waals surface area contributed by atoms with E-state index in [1.54, 1.807) is 32.7 Å². The van der Waals surface area contributed by atoms with Gasteiger partial charge in [-0.1, -0.05) is 0 Å². The van der Waals surface area contributed by atoms with E-state index in [1.807, 2.05) is 23.6 Å². The van der Waals surface area contributed by atoms with Crippen molar-refractivity contribution in [2.45, 2.75) is 19.4 Å². The van der Waals surface area contributed by atoms with E-state index in [1.165, 1.54) is 0 Å². The summed E-state index contributed by atoms with van der Waals surface area (Å²) in [5, 5.41) is 4.92. The van der Waals surface area contributed by atoms with Gasteiger partial charge in [-0.2, -0.15) is 0 Å². The minimum atomic E-state index is 0.00766. The Balaban J connectivity index is 1.94. The van der Waals surface area contributed by atoms with Crippen molar-refractivity contribution in [3.05, 3.63) is 38.5 Å². The van der Waals surface area contributed by atoms with Gasteiger partial charge in [-0.3, -0.25) is 4.79 Å². The fourth-order valence-corrected chi connectivity index (χ4v) is 3.65. The van der Waals surface area contributed by atoms with E-state index in [0.29, 0.717) is 36.6 Å². The first-order valence-electron chi connectivity index (χ1n) is 7.35. The zero-order valence-electron chi connectivity index (χ0n) is 13.8. The molecule has 5 nitrogen and oxygen atoms in total. The van der Waals surface area contributed by atoms with Crippen molar-refractivity contribution in [3.8, 4) is 17.2 Å². The molecule has 130 valence electrons. The van der Waals surface area contributed by atoms with Crippen LogP contribution in [0.1, 0.15) is 16.9 Å². The van der Waals surface area contributed by atoms with Crippen molar-refractivity contribution in [3.63, 3.8) is 0 Å². The Morgan fingerprint density at radius 1 is 1.12 bits per heavy atom. The van der Waals surface area contributed by atoms with Gasteiger partial charge in [0.15, 0.2) is 11.5 Å². The summed E-state index contributed by atoms with van der Waals surface area (Å²) in [6, 6.07) is 5.74. The number of carbonyl (C=O) groups is 1. The number of benzene rings is 1. The van der Waals surface area contributed by atoms with E-state index in [0.717, 1.165) is 14.9 Å². The fraction of sp³-hybridized carbons (Fsp3) is 0.353. The van der Waals surface area contributed by atoms with Gasteiger partial charge in [0.2, 0.25) is 11.7 Å². The third kappa shape index (κ3) is 4.88. The Kier molecular flexibility index (Phi) is 6.93. The van der Waals surface area contributed by atoms with Gasteiger partial charge in [0.05, 0.1) is 27.9 Å². The monoisotopic (exact) mass is 413 g/mol. The smallest absolute Gasteiger partial charge is 0.220 e. The van der Waals surface area contributed by atoms with E-state index in [4.69, 9.17) is 14.2 Å². The number of methoxy groups -OCH3 is 3. The summed E-state index contributed by atoms with van der Waals surface area (Å²) in [5.41, 5.74) is 0.957. The molecule has 7 heteroatoms. The zero-order chi connectivity index (χ0) is 17.5. The van der Waals surface area contributed by atoms with Gasteiger partial charge in [0.25, 0.3) is 0 Å². The van der Waals surface area contributed by atoms with Crippen LogP contribution in [-0.4, -0.2) is 27.2 Å². The first-order valence-corrected chi connectivity index (χ1v) is 9.03. The second-order valence-electron chi connectivity index (χ2n) is 5.04. The number of rotatable bonds is 8. The molecule has 1 heterocycles. The summed E-state index contributed by atoms with van der Waals surface area (Å²) in [7, 11) is 4.72. The summed E-state index contributed by atoms with van der Waals surface area (Å²) < 4.78 is 17.0. The Morgan fingerprint density at radius 2 is 1.79 bits per heavy atom. The van der Waals surface area contributed by atoms with Crippen LogP contribution in [0.5, 0.6) is 17.2 Å². The summed E-state index contributed by atoms with van der Waals surface area (Å²) in [4.78, 5) is 13.1. The summed E-state index contributed by atoms with van der Waals surface area (Å²) in [5.74, 6) is 1.75. The van der Waals surface area contributed by atoms with Crippen LogP contribution >= 0.6 is 27.3 Å². The standard InChI is InChI=1S/C17H20BrNO4S/c1-21-14-6-11(7-15(22-2)17(14)23-3)4-5-16(20)19-9-13-8-12(18)10-24-13/h6-8,10H,4-5,9H2,1-3H3,(H,19,20). The van der Waals surface area contributed by atoms with E-state index < -0.39 is 0 Å². The van der Waals surface area contributed by atoms with Crippen molar-refractivity contribution in [1.82, 2.24) is 5.32 Å². The summed E-state index contributed by atoms with van der Waals surface area (Å²) >= 11 is 5.01. The summed E-state index contributed by atoms with van der Waals surface area (Å²) in [6.07, 6.45) is 0.988. The van der Waals surface area contributed by atoms with Gasteiger partial charge < -0.3 is 19.5 Å². The van der Waals surface area contributed by atoms with Crippen LogP contribution in [0.25, 0.3) is 0 Å². The van der Waals surface area contributed by atoms with Crippen LogP contribution in [0, 0.1) is 0 Å². The molecular formula is C17H20BrNO4S. The molecule has 0 radical (unpaired) electrons. The highest BCUT2D eigenvalue weighted by Gasteiger charge is 2.14. The number of amides is 1. The quantitative estimate of drug-likeness (QED) is 0.714. The minimum Gasteiger partial charge on any atom is -0.493 e. The first kappa shape index (κ1) is 18.6. The van der Waals surface area contributed by atoms with Gasteiger partial charge in [0.1, 0.15) is 0 Å². The molecule has 0 saturated carbocycles. The predicted molar refractivity (Wildman–Crippen MR) is 98.3 cm³/mol. The fourth-order valence-electron chi connectivity index (χ4n) is 2.26. The highest BCUT2D eigenvalue weighted by molar-refractivity contribution is 9.10. The van der Waals surface area contributed by atoms with Crippen molar-refractivity contribution >= 4 is 33.2 Å². The SMILES string of the molecule is COc1cc(CCC(=O)NCc2cc(Br)cs2)cc(OC)c1OC. The average Bonchev–Trinajstić information content (AvgIpc) is 3.02. The number of carbonyl (C=O) groups excluding carboxylic acids is 1. The number of nitrogens with one attached hydrogen (secondary N) is 1. The molecule has 1 N–H and O–H groups in total. The molecule has 1 amide bonds. The predicted octanol–water partition coefficient (Wildman–Crippen LogP) is 3.79. The molecule has 1 aromatic heterocycles. The third-order valence-corrected chi connectivity index (χ3v) is 5.14. The van der Waals surface area contributed by atoms with Gasteiger partial charge in [-0.25, -0.2) is 0 Å². The van der Waals surface area contributed by atoms with Crippen molar-refractivity contribution < 1.29 is 19.0 Å². The third-order valence-electron chi connectivity index (χ3n) is 3.45. The molecule has 0 unspecified atom stereocenters. The lowest BCUT2D eigenvalue weighted by molar-refractivity contribution is -0.121. The lowest BCUT2D eigenvalue weighted by atomic mass is 10.1. The van der Waals surface area contributed by atoms with E-state index >= 15 is 0 Å². The number of halogens is 1. The normalized spacial score (nSPS) is 10.3. The molecule has 0 spiro atoms. The van der Waals surface area contributed by atoms with Crippen molar-refractivity contribution in [1.29, 1.82) is 0 Å². The zero-order valence-corrected chi connectivity index (χ0v) is 16.3. The molecule has 0 aliphatic rings. The topological polar surface area (TPSA) is 56.8 Å². The molecule has 0 fully saturated rings. The number of ether oxygens (including phenoxy) is 3. The number of hydrogen-bond donors (Lipinski definition) is 1. The van der Waals surface area contributed by atoms with Crippen LogP contribution in [0.15, 0.2) is 28.1 Å². The summed E-state index contributed by atoms with van der Waals surface area (Å²) in [6.45, 7) is 0.546. The van der Waals surface area contributed by atoms with Crippen molar-refractivity contribution in [2.24, 2.45) is 0 Å². The van der Waals surface area contributed by atoms with Crippen LogP contribution in [0.4, 0.5) is 0 Å². The van der Waals surface area contributed by atoms with Crippen LogP contribution < -0.4 is 19.5 Å². The molecular weight excluding hydrogens is 394 g/mol. The lowest BCUT2D eigenvalue weighted by Crippen LogP contribution is -2.22. The molecule has 2 aromatic rings. The molecule has 0 bridgehead atoms. The molecule has 0 aliphatic heterocycles. The molecule has 24 heavy (non-hydrogen) atoms. The van der Waals surface area contributed by atoms with Gasteiger partial charge in [-0.15, -0.1) is 11.3 Å². The second-order valence-corrected chi connectivity index (χ2v) is 6.95. The van der Waals surface area contributed by atoms with E-state index in [-0.39, 0.29) is 5.91 Å². The maximum atomic E-state index is 12.0. The van der Waals surface area contributed by atoms with Gasteiger partial charge >= 0.3 is 0 Å². The minimum absolute atomic E-state index is 0.00766. The van der Waals surface area contributed by atoms with E-state index in [2.05, 4.69) is 21.2 Å². The highest BCUT2D eigenvalue weighted by atomic mass is 79.9. The molecule has 0 aliphatic carbocycles. The molecule has 1 aromatic carbocycles. The lowest BCUT2D eigenvalue weighted by Gasteiger charge is -2.14. The maximum absolute atomic E-state index is 12.0. The number of hydrogen-bond acceptors (Lipinski definition) is 5. The van der Waals surface area contributed by atoms with Crippen LogP contribution in [-0.2, 0) is 17.8 Å². The molecule has 0 atom stereocenters. The first-order chi connectivity index (χ1) is 11.6. The molecule has 2 rings (SSSR count). The van der Waals surface area contributed by atoms with Crippen molar-refractivity contribution in [2.75, 3.05) is 21.3 Å². The van der Waals surface area contributed by atoms with Crippen LogP contribution in [0.3, 0.4) is 0 Å². The maximum Gasteiger partial charge on any atom is 0.220 e. The van der Waals surface area contributed by atoms with Crippen LogP contribution in [0.2, 0.25) is 0 Å². The Morgan fingerprint density at radius 3 is 2.29 bits per heavy atom. The highest BCUT2D eigenvalue weighted by Crippen LogP contribution is 2.38. The molecule has 0 saturated heterocycles. The Bertz CT molecular complexity index is 677. The number of thiophene rings is 1. The van der Waals surface area contributed by atoms with Gasteiger partial charge in [0, 0.05) is 21.2 Å². The second kappa shape index (κ2) is 8.94.